The lowest BCUT2D eigenvalue weighted by molar-refractivity contribution is -0.118. The zero-order chi connectivity index (χ0) is 15.8. The van der Waals surface area contributed by atoms with Gasteiger partial charge in [0.15, 0.2) is 6.61 Å². The molecule has 2 aromatic carbocycles. The lowest BCUT2D eigenvalue weighted by Crippen LogP contribution is -2.20. The Labute approximate surface area is 141 Å². The highest BCUT2D eigenvalue weighted by atomic mass is 79.9. The summed E-state index contributed by atoms with van der Waals surface area (Å²) in [6.45, 7) is -0.0757. The molecule has 4 nitrogen and oxygen atoms in total. The maximum atomic E-state index is 12.0. The molecule has 0 saturated heterocycles. The van der Waals surface area contributed by atoms with Crippen LogP contribution >= 0.6 is 27.7 Å². The van der Waals surface area contributed by atoms with Crippen LogP contribution in [0, 0.1) is 11.3 Å². The van der Waals surface area contributed by atoms with Gasteiger partial charge in [-0.1, -0.05) is 34.1 Å². The molecule has 0 radical (unpaired) electrons. The number of para-hydroxylation sites is 1. The number of nitriles is 1. The first-order valence-electron chi connectivity index (χ1n) is 6.46. The zero-order valence-electron chi connectivity index (χ0n) is 11.6. The summed E-state index contributed by atoms with van der Waals surface area (Å²) in [4.78, 5) is 12.8. The highest BCUT2D eigenvalue weighted by Gasteiger charge is 2.08. The van der Waals surface area contributed by atoms with Gasteiger partial charge < -0.3 is 10.1 Å². The van der Waals surface area contributed by atoms with Gasteiger partial charge in [-0.25, -0.2) is 0 Å². The molecule has 2 aromatic rings. The van der Waals surface area contributed by atoms with E-state index in [1.165, 1.54) is 11.8 Å². The van der Waals surface area contributed by atoms with E-state index in [1.807, 2.05) is 30.3 Å². The Bertz CT molecular complexity index is 701. The van der Waals surface area contributed by atoms with E-state index >= 15 is 0 Å². The van der Waals surface area contributed by atoms with Gasteiger partial charge in [0.2, 0.25) is 0 Å². The molecule has 0 unspecified atom stereocenters. The van der Waals surface area contributed by atoms with Crippen LogP contribution < -0.4 is 10.1 Å². The lowest BCUT2D eigenvalue weighted by atomic mass is 10.3. The molecule has 0 saturated carbocycles. The average Bonchev–Trinajstić information content (AvgIpc) is 2.52. The quantitative estimate of drug-likeness (QED) is 0.771. The predicted octanol–water partition coefficient (Wildman–Crippen LogP) is 4.08. The third-order valence-electron chi connectivity index (χ3n) is 2.62. The number of anilines is 1. The predicted molar refractivity (Wildman–Crippen MR) is 91.0 cm³/mol. The second-order valence-corrected chi connectivity index (χ2v) is 6.17. The van der Waals surface area contributed by atoms with Crippen LogP contribution in [0.5, 0.6) is 5.75 Å². The van der Waals surface area contributed by atoms with Crippen LogP contribution in [-0.4, -0.2) is 18.3 Å². The molecule has 6 heteroatoms. The van der Waals surface area contributed by atoms with Crippen LogP contribution in [-0.2, 0) is 4.79 Å². The van der Waals surface area contributed by atoms with Gasteiger partial charge in [0, 0.05) is 9.37 Å². The number of amides is 1. The maximum absolute atomic E-state index is 12.0. The van der Waals surface area contributed by atoms with E-state index in [9.17, 15) is 4.79 Å². The molecule has 0 spiro atoms. The average molecular weight is 377 g/mol. The van der Waals surface area contributed by atoms with E-state index in [-0.39, 0.29) is 12.5 Å². The molecule has 2 rings (SSSR count). The minimum absolute atomic E-state index is 0.0757. The minimum Gasteiger partial charge on any atom is -0.484 e. The highest BCUT2D eigenvalue weighted by molar-refractivity contribution is 9.10. The summed E-state index contributed by atoms with van der Waals surface area (Å²) in [6, 6.07) is 16.7. The van der Waals surface area contributed by atoms with Crippen LogP contribution in [0.25, 0.3) is 0 Å². The molecule has 0 aliphatic carbocycles. The molecule has 0 aliphatic heterocycles. The Morgan fingerprint density at radius 3 is 2.86 bits per heavy atom. The van der Waals surface area contributed by atoms with Crippen molar-refractivity contribution in [1.29, 1.82) is 5.26 Å². The highest BCUT2D eigenvalue weighted by Crippen LogP contribution is 2.26. The number of hydrogen-bond donors (Lipinski definition) is 1. The molecule has 0 aromatic heterocycles. The van der Waals surface area contributed by atoms with E-state index in [2.05, 4.69) is 27.3 Å². The molecule has 0 atom stereocenters. The Balaban J connectivity index is 1.93. The number of rotatable bonds is 6. The molecule has 112 valence electrons. The summed E-state index contributed by atoms with van der Waals surface area (Å²) in [7, 11) is 0. The normalized spacial score (nSPS) is 9.82. The van der Waals surface area contributed by atoms with Crippen molar-refractivity contribution in [2.24, 2.45) is 0 Å². The monoisotopic (exact) mass is 376 g/mol. The Morgan fingerprint density at radius 1 is 1.27 bits per heavy atom. The van der Waals surface area contributed by atoms with E-state index in [0.29, 0.717) is 17.2 Å². The van der Waals surface area contributed by atoms with Crippen LogP contribution in [0.1, 0.15) is 0 Å². The van der Waals surface area contributed by atoms with Crippen LogP contribution in [0.15, 0.2) is 57.9 Å². The van der Waals surface area contributed by atoms with Crippen molar-refractivity contribution in [2.45, 2.75) is 4.90 Å². The first-order valence-corrected chi connectivity index (χ1v) is 8.24. The van der Waals surface area contributed by atoms with Crippen molar-refractivity contribution in [1.82, 2.24) is 0 Å². The molecule has 1 N–H and O–H groups in total. The third kappa shape index (κ3) is 5.10. The van der Waals surface area contributed by atoms with Gasteiger partial charge in [0.05, 0.1) is 17.5 Å². The van der Waals surface area contributed by atoms with Crippen molar-refractivity contribution in [3.05, 3.63) is 53.0 Å². The number of nitrogens with one attached hydrogen (secondary N) is 1. The molecule has 1 amide bonds. The van der Waals surface area contributed by atoms with Crippen molar-refractivity contribution in [3.8, 4) is 11.8 Å². The molecule has 0 fully saturated rings. The number of benzene rings is 2. The maximum Gasteiger partial charge on any atom is 0.262 e. The van der Waals surface area contributed by atoms with Gasteiger partial charge in [-0.15, -0.1) is 11.8 Å². The number of halogens is 1. The molecule has 0 heterocycles. The molecule has 0 aliphatic rings. The molecule has 22 heavy (non-hydrogen) atoms. The van der Waals surface area contributed by atoms with Gasteiger partial charge in [0.1, 0.15) is 5.75 Å². The summed E-state index contributed by atoms with van der Waals surface area (Å²) >= 11 is 4.73. The van der Waals surface area contributed by atoms with E-state index < -0.39 is 0 Å². The number of nitrogens with zero attached hydrogens (tertiary/aromatic N) is 1. The van der Waals surface area contributed by atoms with Crippen LogP contribution in [0.3, 0.4) is 0 Å². The van der Waals surface area contributed by atoms with E-state index in [1.54, 1.807) is 18.2 Å². The number of carbonyl (C=O) groups is 1. The minimum atomic E-state index is -0.245. The van der Waals surface area contributed by atoms with Crippen molar-refractivity contribution in [2.75, 3.05) is 17.7 Å². The third-order valence-corrected chi connectivity index (χ3v) is 4.05. The summed E-state index contributed by atoms with van der Waals surface area (Å²) in [5.41, 5.74) is 0.686. The fraction of sp³-hybridized carbons (Fsp3) is 0.125. The number of hydrogen-bond acceptors (Lipinski definition) is 4. The van der Waals surface area contributed by atoms with Crippen molar-refractivity contribution >= 4 is 39.3 Å². The number of thioether (sulfide) groups is 1. The van der Waals surface area contributed by atoms with Gasteiger partial charge in [-0.05, 0) is 30.3 Å². The summed E-state index contributed by atoms with van der Waals surface area (Å²) in [6.07, 6.45) is 0. The smallest absolute Gasteiger partial charge is 0.262 e. The zero-order valence-corrected chi connectivity index (χ0v) is 14.0. The molecular formula is C16H13BrN2O2S. The molecular weight excluding hydrogens is 364 g/mol. The lowest BCUT2D eigenvalue weighted by Gasteiger charge is -2.10. The van der Waals surface area contributed by atoms with Gasteiger partial charge in [-0.3, -0.25) is 4.79 Å². The Hall–Kier alpha value is -1.97. The topological polar surface area (TPSA) is 62.1 Å². The Kier molecular flexibility index (Phi) is 6.31. The Morgan fingerprint density at radius 2 is 2.09 bits per heavy atom. The van der Waals surface area contributed by atoms with Crippen LogP contribution in [0.4, 0.5) is 5.69 Å². The fourth-order valence-electron chi connectivity index (χ4n) is 1.70. The van der Waals surface area contributed by atoms with Gasteiger partial charge in [-0.2, -0.15) is 5.26 Å². The van der Waals surface area contributed by atoms with E-state index in [0.717, 1.165) is 9.37 Å². The van der Waals surface area contributed by atoms with Gasteiger partial charge >= 0.3 is 0 Å². The number of carbonyl (C=O) groups excluding carboxylic acids is 1. The number of ether oxygens (including phenoxy) is 1. The standard InChI is InChI=1S/C16H13BrN2O2S/c17-12-4-3-5-13(10-12)21-11-16(20)19-14-6-1-2-7-15(14)22-9-8-18/h1-7,10H,9,11H2,(H,19,20). The summed E-state index contributed by atoms with van der Waals surface area (Å²) in [5.74, 6) is 0.711. The first-order chi connectivity index (χ1) is 10.7. The fourth-order valence-corrected chi connectivity index (χ4v) is 2.75. The first kappa shape index (κ1) is 16.4. The van der Waals surface area contributed by atoms with Crippen molar-refractivity contribution in [3.63, 3.8) is 0 Å². The second-order valence-electron chi connectivity index (χ2n) is 4.24. The summed E-state index contributed by atoms with van der Waals surface area (Å²) in [5, 5.41) is 11.4. The van der Waals surface area contributed by atoms with Crippen LogP contribution in [0.2, 0.25) is 0 Å². The second kappa shape index (κ2) is 8.47. The van der Waals surface area contributed by atoms with Crippen molar-refractivity contribution < 1.29 is 9.53 Å². The van der Waals surface area contributed by atoms with E-state index in [4.69, 9.17) is 10.00 Å². The SMILES string of the molecule is N#CCSc1ccccc1NC(=O)COc1cccc(Br)c1. The molecule has 0 bridgehead atoms. The van der Waals surface area contributed by atoms with Gasteiger partial charge in [0.25, 0.3) is 5.91 Å². The largest absolute Gasteiger partial charge is 0.484 e. The summed E-state index contributed by atoms with van der Waals surface area (Å²) < 4.78 is 6.33.